The van der Waals surface area contributed by atoms with E-state index in [-0.39, 0.29) is 16.1 Å². The van der Waals surface area contributed by atoms with Crippen LogP contribution in [0.15, 0.2) is 41.7 Å². The second kappa shape index (κ2) is 7.46. The Morgan fingerprint density at radius 3 is 2.70 bits per heavy atom. The van der Waals surface area contributed by atoms with E-state index in [0.29, 0.717) is 36.7 Å². The van der Waals surface area contributed by atoms with Gasteiger partial charge in [-0.3, -0.25) is 4.68 Å². The summed E-state index contributed by atoms with van der Waals surface area (Å²) in [5, 5.41) is 4.15. The van der Waals surface area contributed by atoms with E-state index in [1.54, 1.807) is 48.5 Å². The number of aryl methyl sites for hydroxylation is 2. The summed E-state index contributed by atoms with van der Waals surface area (Å²) in [6.45, 7) is 5.31. The Kier molecular flexibility index (Phi) is 5.08. The van der Waals surface area contributed by atoms with Crippen molar-refractivity contribution in [2.24, 2.45) is 12.5 Å². The fourth-order valence-corrected chi connectivity index (χ4v) is 4.46. The predicted molar refractivity (Wildman–Crippen MR) is 113 cm³/mol. The monoisotopic (exact) mass is 428 g/mol. The fraction of sp³-hybridized carbons (Fsp3) is 0.350. The van der Waals surface area contributed by atoms with E-state index < -0.39 is 10.0 Å². The molecule has 0 radical (unpaired) electrons. The number of nitrogen functional groups attached to an aromatic ring is 1. The Labute approximate surface area is 175 Å². The van der Waals surface area contributed by atoms with E-state index in [4.69, 9.17) is 10.5 Å². The van der Waals surface area contributed by atoms with E-state index in [1.165, 1.54) is 0 Å². The minimum atomic E-state index is -3.68. The first kappa shape index (κ1) is 20.5. The molecule has 0 saturated carbocycles. The number of hydrogen-bond acceptors (Lipinski definition) is 7. The molecule has 3 N–H and O–H groups in total. The number of nitrogens with one attached hydrogen (secondary N) is 1. The molecule has 158 valence electrons. The number of hydrogen-bond donors (Lipinski definition) is 2. The Bertz CT molecular complexity index is 1200. The molecule has 1 aromatic carbocycles. The highest BCUT2D eigenvalue weighted by molar-refractivity contribution is 7.89. The molecule has 9 nitrogen and oxygen atoms in total. The van der Waals surface area contributed by atoms with Crippen LogP contribution in [0.3, 0.4) is 0 Å². The Morgan fingerprint density at radius 2 is 2.07 bits per heavy atom. The van der Waals surface area contributed by atoms with Crippen LogP contribution in [0.4, 0.5) is 5.82 Å². The summed E-state index contributed by atoms with van der Waals surface area (Å²) in [6, 6.07) is 4.97. The van der Waals surface area contributed by atoms with Gasteiger partial charge in [0.1, 0.15) is 11.5 Å². The van der Waals surface area contributed by atoms with Crippen LogP contribution in [0.25, 0.3) is 22.5 Å². The summed E-state index contributed by atoms with van der Waals surface area (Å²) in [7, 11) is -1.87. The van der Waals surface area contributed by atoms with Crippen LogP contribution in [0.2, 0.25) is 0 Å². The number of benzene rings is 1. The highest BCUT2D eigenvalue weighted by Crippen LogP contribution is 2.30. The average Bonchev–Trinajstić information content (AvgIpc) is 3.12. The molecular weight excluding hydrogens is 404 g/mol. The van der Waals surface area contributed by atoms with Crippen molar-refractivity contribution in [3.8, 4) is 22.5 Å². The van der Waals surface area contributed by atoms with Gasteiger partial charge in [-0.25, -0.2) is 23.1 Å². The van der Waals surface area contributed by atoms with Crippen LogP contribution >= 0.6 is 0 Å². The zero-order valence-electron chi connectivity index (χ0n) is 17.1. The molecule has 1 fully saturated rings. The first-order valence-electron chi connectivity index (χ1n) is 9.47. The molecule has 0 spiro atoms. The van der Waals surface area contributed by atoms with Crippen LogP contribution in [-0.2, 0) is 21.8 Å². The third-order valence-electron chi connectivity index (χ3n) is 5.16. The van der Waals surface area contributed by atoms with Gasteiger partial charge in [0.15, 0.2) is 0 Å². The molecule has 0 amide bonds. The van der Waals surface area contributed by atoms with Crippen LogP contribution in [0.1, 0.15) is 12.5 Å². The summed E-state index contributed by atoms with van der Waals surface area (Å²) >= 11 is 0. The lowest BCUT2D eigenvalue weighted by atomic mass is 9.89. The van der Waals surface area contributed by atoms with Gasteiger partial charge in [-0.15, -0.1) is 0 Å². The fourth-order valence-electron chi connectivity index (χ4n) is 3.23. The third kappa shape index (κ3) is 3.93. The quantitative estimate of drug-likeness (QED) is 0.613. The Morgan fingerprint density at radius 1 is 1.30 bits per heavy atom. The lowest BCUT2D eigenvalue weighted by Crippen LogP contribution is -2.48. The van der Waals surface area contributed by atoms with Gasteiger partial charge >= 0.3 is 0 Å². The largest absolute Gasteiger partial charge is 0.382 e. The number of rotatable bonds is 6. The van der Waals surface area contributed by atoms with Crippen molar-refractivity contribution in [2.45, 2.75) is 18.7 Å². The van der Waals surface area contributed by atoms with Gasteiger partial charge in [-0.1, -0.05) is 13.0 Å². The Balaban J connectivity index is 1.68. The summed E-state index contributed by atoms with van der Waals surface area (Å²) in [5.74, 6) is 0.283. The minimum absolute atomic E-state index is 0.165. The molecule has 0 bridgehead atoms. The SMILES string of the molecule is Cc1ccc(S(=O)(=O)NCC2(C)COC2)cc1-c1cnc(N)c(-c2cnn(C)c2)n1. The topological polar surface area (TPSA) is 125 Å². The maximum Gasteiger partial charge on any atom is 0.240 e. The molecule has 1 aliphatic rings. The molecule has 10 heteroatoms. The second-order valence-electron chi connectivity index (χ2n) is 8.00. The third-order valence-corrected chi connectivity index (χ3v) is 6.56. The zero-order chi connectivity index (χ0) is 21.5. The molecule has 2 aromatic heterocycles. The molecule has 0 aliphatic carbocycles. The molecule has 30 heavy (non-hydrogen) atoms. The van der Waals surface area contributed by atoms with Crippen molar-refractivity contribution in [3.63, 3.8) is 0 Å². The standard InChI is InChI=1S/C20H24N6O3S/c1-13-4-5-15(30(27,28)24-10-20(2)11-29-12-20)6-16(13)17-8-22-19(21)18(25-17)14-7-23-26(3)9-14/h4-9,24H,10-12H2,1-3H3,(H2,21,22). The normalized spacial score (nSPS) is 15.7. The zero-order valence-corrected chi connectivity index (χ0v) is 17.9. The summed E-state index contributed by atoms with van der Waals surface area (Å²) in [5.41, 5.74) is 9.19. The number of nitrogens with zero attached hydrogens (tertiary/aromatic N) is 4. The van der Waals surface area contributed by atoms with E-state index in [2.05, 4.69) is 19.8 Å². The molecular formula is C20H24N6O3S. The Hall–Kier alpha value is -2.82. The molecule has 0 unspecified atom stereocenters. The maximum absolute atomic E-state index is 12.8. The number of aromatic nitrogens is 4. The van der Waals surface area contributed by atoms with E-state index in [0.717, 1.165) is 11.1 Å². The number of anilines is 1. The lowest BCUT2D eigenvalue weighted by molar-refractivity contribution is -0.0965. The second-order valence-corrected chi connectivity index (χ2v) is 9.76. The number of sulfonamides is 1. The highest BCUT2D eigenvalue weighted by atomic mass is 32.2. The van der Waals surface area contributed by atoms with Crippen molar-refractivity contribution in [1.82, 2.24) is 24.5 Å². The van der Waals surface area contributed by atoms with Gasteiger partial charge in [0.25, 0.3) is 0 Å². The van der Waals surface area contributed by atoms with Crippen molar-refractivity contribution in [1.29, 1.82) is 0 Å². The first-order chi connectivity index (χ1) is 14.2. The van der Waals surface area contributed by atoms with E-state index in [1.807, 2.05) is 13.8 Å². The van der Waals surface area contributed by atoms with Gasteiger partial charge in [-0.05, 0) is 24.6 Å². The van der Waals surface area contributed by atoms with Gasteiger partial charge in [0.05, 0.1) is 36.2 Å². The van der Waals surface area contributed by atoms with Crippen LogP contribution < -0.4 is 10.5 Å². The molecule has 1 saturated heterocycles. The molecule has 3 aromatic rings. The number of ether oxygens (including phenoxy) is 1. The van der Waals surface area contributed by atoms with Gasteiger partial charge in [-0.2, -0.15) is 5.10 Å². The van der Waals surface area contributed by atoms with Crippen LogP contribution in [-0.4, -0.2) is 47.9 Å². The summed E-state index contributed by atoms with van der Waals surface area (Å²) < 4.78 is 35.2. The average molecular weight is 429 g/mol. The molecule has 4 rings (SSSR count). The van der Waals surface area contributed by atoms with Crippen molar-refractivity contribution < 1.29 is 13.2 Å². The summed E-state index contributed by atoms with van der Waals surface area (Å²) in [6.07, 6.45) is 5.01. The lowest BCUT2D eigenvalue weighted by Gasteiger charge is -2.37. The van der Waals surface area contributed by atoms with Gasteiger partial charge in [0.2, 0.25) is 10.0 Å². The minimum Gasteiger partial charge on any atom is -0.382 e. The highest BCUT2D eigenvalue weighted by Gasteiger charge is 2.34. The maximum atomic E-state index is 12.8. The van der Waals surface area contributed by atoms with Crippen LogP contribution in [0, 0.1) is 12.3 Å². The van der Waals surface area contributed by atoms with Gasteiger partial charge < -0.3 is 10.5 Å². The van der Waals surface area contributed by atoms with E-state index in [9.17, 15) is 8.42 Å². The van der Waals surface area contributed by atoms with E-state index >= 15 is 0 Å². The molecule has 3 heterocycles. The van der Waals surface area contributed by atoms with Gasteiger partial charge in [0, 0.05) is 36.3 Å². The predicted octanol–water partition coefficient (Wildman–Crippen LogP) is 1.75. The number of nitrogens with two attached hydrogens (primary N) is 1. The van der Waals surface area contributed by atoms with Crippen LogP contribution in [0.5, 0.6) is 0 Å². The smallest absolute Gasteiger partial charge is 0.240 e. The molecule has 0 atom stereocenters. The summed E-state index contributed by atoms with van der Waals surface area (Å²) in [4.78, 5) is 9.08. The van der Waals surface area contributed by atoms with Crippen molar-refractivity contribution in [2.75, 3.05) is 25.5 Å². The molecule has 1 aliphatic heterocycles. The first-order valence-corrected chi connectivity index (χ1v) is 11.0. The van der Waals surface area contributed by atoms with Crippen molar-refractivity contribution in [3.05, 3.63) is 42.4 Å². The van der Waals surface area contributed by atoms with Crippen molar-refractivity contribution >= 4 is 15.8 Å².